The molecule has 0 saturated carbocycles. The number of carbonyl (C=O) groups is 2. The van der Waals surface area contributed by atoms with Gasteiger partial charge in [0.05, 0.1) is 37.4 Å². The number of nitrogens with one attached hydrogen (secondary N) is 2. The molecule has 1 aliphatic heterocycles. The smallest absolute Gasteiger partial charge is 0.356 e. The van der Waals surface area contributed by atoms with Crippen molar-refractivity contribution in [3.8, 4) is 5.75 Å². The number of fused-ring (bicyclic) bond motifs is 1. The Kier molecular flexibility index (Phi) is 6.01. The number of amides is 1. The zero-order chi connectivity index (χ0) is 19.4. The maximum Gasteiger partial charge on any atom is 0.356 e. The molecule has 0 spiro atoms. The highest BCUT2D eigenvalue weighted by Crippen LogP contribution is 2.35. The van der Waals surface area contributed by atoms with Crippen molar-refractivity contribution in [3.05, 3.63) is 23.9 Å². The van der Waals surface area contributed by atoms with Gasteiger partial charge in [0, 0.05) is 6.04 Å². The van der Waals surface area contributed by atoms with Crippen molar-refractivity contribution in [2.24, 2.45) is 0 Å². The van der Waals surface area contributed by atoms with Gasteiger partial charge in [-0.25, -0.2) is 4.79 Å². The second-order valence-electron chi connectivity index (χ2n) is 6.83. The Hall–Kier alpha value is -2.54. The van der Waals surface area contributed by atoms with Crippen LogP contribution < -0.4 is 10.1 Å². The first kappa shape index (κ1) is 19.2. The summed E-state index contributed by atoms with van der Waals surface area (Å²) in [6, 6.07) is 5.88. The number of anilines is 1. The monoisotopic (exact) mass is 373 g/mol. The molecule has 3 rings (SSSR count). The number of H-pyrrole nitrogens is 1. The van der Waals surface area contributed by atoms with E-state index in [1.165, 1.54) is 13.5 Å². The number of aromatic nitrogens is 1. The molecular formula is C20H27N3O4. The first-order valence-corrected chi connectivity index (χ1v) is 9.39. The van der Waals surface area contributed by atoms with Gasteiger partial charge in [0.15, 0.2) is 0 Å². The van der Waals surface area contributed by atoms with Crippen LogP contribution in [-0.2, 0) is 9.53 Å². The van der Waals surface area contributed by atoms with Crippen LogP contribution in [0.2, 0.25) is 0 Å². The minimum Gasteiger partial charge on any atom is -0.496 e. The topological polar surface area (TPSA) is 83.7 Å². The molecule has 1 aromatic carbocycles. The Bertz CT molecular complexity index is 830. The van der Waals surface area contributed by atoms with Crippen molar-refractivity contribution < 1.29 is 19.1 Å². The predicted molar refractivity (Wildman–Crippen MR) is 104 cm³/mol. The van der Waals surface area contributed by atoms with Gasteiger partial charge in [0.1, 0.15) is 11.4 Å². The Morgan fingerprint density at radius 2 is 2.11 bits per heavy atom. The normalized spacial score (nSPS) is 17.7. The predicted octanol–water partition coefficient (Wildman–Crippen LogP) is 3.17. The summed E-state index contributed by atoms with van der Waals surface area (Å²) in [6.45, 7) is 3.38. The Morgan fingerprint density at radius 3 is 2.81 bits per heavy atom. The summed E-state index contributed by atoms with van der Waals surface area (Å²) < 4.78 is 10.3. The van der Waals surface area contributed by atoms with Crippen molar-refractivity contribution >= 4 is 28.5 Å². The molecular weight excluding hydrogens is 346 g/mol. The van der Waals surface area contributed by atoms with Gasteiger partial charge in [-0.2, -0.15) is 0 Å². The van der Waals surface area contributed by atoms with E-state index in [2.05, 4.69) is 22.1 Å². The van der Waals surface area contributed by atoms with Gasteiger partial charge in [0.2, 0.25) is 5.91 Å². The van der Waals surface area contributed by atoms with E-state index in [9.17, 15) is 9.59 Å². The highest BCUT2D eigenvalue weighted by molar-refractivity contribution is 6.13. The van der Waals surface area contributed by atoms with Gasteiger partial charge in [-0.15, -0.1) is 0 Å². The van der Waals surface area contributed by atoms with Gasteiger partial charge in [-0.3, -0.25) is 9.69 Å². The van der Waals surface area contributed by atoms with Crippen molar-refractivity contribution in [1.29, 1.82) is 0 Å². The van der Waals surface area contributed by atoms with E-state index in [0.717, 1.165) is 25.8 Å². The van der Waals surface area contributed by atoms with Gasteiger partial charge in [0.25, 0.3) is 0 Å². The number of hydrogen-bond acceptors (Lipinski definition) is 5. The molecule has 27 heavy (non-hydrogen) atoms. The second kappa shape index (κ2) is 8.43. The number of likely N-dealkylation sites (tertiary alicyclic amines) is 1. The minimum atomic E-state index is -0.534. The number of methoxy groups -OCH3 is 2. The first-order chi connectivity index (χ1) is 13.1. The molecule has 0 unspecified atom stereocenters. The fourth-order valence-corrected chi connectivity index (χ4v) is 3.86. The highest BCUT2D eigenvalue weighted by Gasteiger charge is 2.26. The molecule has 0 aliphatic carbocycles. The van der Waals surface area contributed by atoms with E-state index >= 15 is 0 Å². The van der Waals surface area contributed by atoms with Crippen LogP contribution in [0.15, 0.2) is 18.2 Å². The number of piperidine rings is 1. The molecule has 146 valence electrons. The summed E-state index contributed by atoms with van der Waals surface area (Å²) in [5.74, 6) is -0.0983. The largest absolute Gasteiger partial charge is 0.496 e. The molecule has 1 aliphatic rings. The molecule has 0 radical (unpaired) electrons. The molecule has 0 bridgehead atoms. The molecule has 7 nitrogen and oxygen atoms in total. The summed E-state index contributed by atoms with van der Waals surface area (Å²) in [4.78, 5) is 30.3. The average molecular weight is 373 g/mol. The number of aromatic amines is 1. The quantitative estimate of drug-likeness (QED) is 0.760. The maximum absolute atomic E-state index is 12.8. The maximum atomic E-state index is 12.8. The number of nitrogens with zero attached hydrogens (tertiary/aromatic N) is 1. The number of ether oxygens (including phenoxy) is 2. The van der Waals surface area contributed by atoms with Crippen molar-refractivity contribution in [2.75, 3.05) is 32.6 Å². The minimum absolute atomic E-state index is 0.146. The van der Waals surface area contributed by atoms with Crippen molar-refractivity contribution in [1.82, 2.24) is 9.88 Å². The lowest BCUT2D eigenvalue weighted by Crippen LogP contribution is -2.43. The van der Waals surface area contributed by atoms with E-state index in [1.54, 1.807) is 13.2 Å². The van der Waals surface area contributed by atoms with E-state index in [4.69, 9.17) is 9.47 Å². The fourth-order valence-electron chi connectivity index (χ4n) is 3.86. The molecule has 1 aromatic heterocycles. The van der Waals surface area contributed by atoms with Crippen LogP contribution in [0.3, 0.4) is 0 Å². The zero-order valence-corrected chi connectivity index (χ0v) is 16.1. The lowest BCUT2D eigenvalue weighted by Gasteiger charge is -2.34. The summed E-state index contributed by atoms with van der Waals surface area (Å²) in [7, 11) is 2.88. The Morgan fingerprint density at radius 1 is 1.30 bits per heavy atom. The van der Waals surface area contributed by atoms with Crippen LogP contribution in [0, 0.1) is 0 Å². The molecule has 1 atom stereocenters. The average Bonchev–Trinajstić information content (AvgIpc) is 3.06. The number of carbonyl (C=O) groups excluding carboxylic acids is 2. The van der Waals surface area contributed by atoms with Gasteiger partial charge in [-0.1, -0.05) is 19.4 Å². The number of rotatable bonds is 6. The lowest BCUT2D eigenvalue weighted by molar-refractivity contribution is -0.118. The van der Waals surface area contributed by atoms with Crippen LogP contribution >= 0.6 is 0 Å². The standard InChI is InChI=1S/C20H27N3O4/c1-4-13-8-5-6-11-23(13)12-16(24)22-18-17-14(9-7-10-15(17)26-2)21-19(18)20(25)27-3/h7,9-10,13,21H,4-6,8,11-12H2,1-3H3,(H,22,24)/t13-/m1/s1. The third-order valence-corrected chi connectivity index (χ3v) is 5.23. The SMILES string of the molecule is CC[C@@H]1CCCCN1CC(=O)Nc1c(C(=O)OC)[nH]c2cccc(OC)c12. The van der Waals surface area contributed by atoms with E-state index < -0.39 is 5.97 Å². The lowest BCUT2D eigenvalue weighted by atomic mass is 10.00. The zero-order valence-electron chi connectivity index (χ0n) is 16.1. The third-order valence-electron chi connectivity index (χ3n) is 5.23. The molecule has 2 heterocycles. The second-order valence-corrected chi connectivity index (χ2v) is 6.83. The van der Waals surface area contributed by atoms with Crippen LogP contribution in [0.4, 0.5) is 5.69 Å². The van der Waals surface area contributed by atoms with Crippen LogP contribution in [0.1, 0.15) is 43.1 Å². The molecule has 2 aromatic rings. The van der Waals surface area contributed by atoms with E-state index in [1.807, 2.05) is 12.1 Å². The van der Waals surface area contributed by atoms with Gasteiger partial charge < -0.3 is 19.8 Å². The molecule has 1 saturated heterocycles. The molecule has 1 amide bonds. The fraction of sp³-hybridized carbons (Fsp3) is 0.500. The van der Waals surface area contributed by atoms with Crippen LogP contribution in [0.5, 0.6) is 5.75 Å². The third kappa shape index (κ3) is 3.93. The number of hydrogen-bond donors (Lipinski definition) is 2. The van der Waals surface area contributed by atoms with Crippen molar-refractivity contribution in [2.45, 2.75) is 38.6 Å². The molecule has 2 N–H and O–H groups in total. The Balaban J connectivity index is 1.90. The van der Waals surface area contributed by atoms with Crippen LogP contribution in [-0.4, -0.2) is 55.1 Å². The molecule has 1 fully saturated rings. The summed E-state index contributed by atoms with van der Waals surface area (Å²) in [5, 5.41) is 3.59. The number of benzene rings is 1. The summed E-state index contributed by atoms with van der Waals surface area (Å²) in [6.07, 6.45) is 4.47. The van der Waals surface area contributed by atoms with Crippen molar-refractivity contribution in [3.63, 3.8) is 0 Å². The highest BCUT2D eigenvalue weighted by atomic mass is 16.5. The van der Waals surface area contributed by atoms with E-state index in [-0.39, 0.29) is 11.6 Å². The first-order valence-electron chi connectivity index (χ1n) is 9.39. The van der Waals surface area contributed by atoms with Gasteiger partial charge in [-0.05, 0) is 37.9 Å². The summed E-state index contributed by atoms with van der Waals surface area (Å²) >= 11 is 0. The van der Waals surface area contributed by atoms with Crippen LogP contribution in [0.25, 0.3) is 10.9 Å². The van der Waals surface area contributed by atoms with E-state index in [0.29, 0.717) is 34.9 Å². The van der Waals surface area contributed by atoms with Gasteiger partial charge >= 0.3 is 5.97 Å². The Labute approximate surface area is 159 Å². The summed E-state index contributed by atoms with van der Waals surface area (Å²) in [5.41, 5.74) is 1.33. The number of esters is 1. The molecule has 7 heteroatoms.